The molecule has 94 valence electrons. The number of hydrogen-bond donors (Lipinski definition) is 1. The summed E-state index contributed by atoms with van der Waals surface area (Å²) in [6.45, 7) is 4.86. The summed E-state index contributed by atoms with van der Waals surface area (Å²) in [5, 5.41) is 4.30. The number of nitrogens with one attached hydrogen (secondary N) is 1. The van der Waals surface area contributed by atoms with Crippen LogP contribution in [-0.4, -0.2) is 30.8 Å². The minimum atomic E-state index is 0.447. The lowest BCUT2D eigenvalue weighted by Gasteiger charge is -2.23. The normalized spacial score (nSPS) is 21.6. The number of halogens is 1. The van der Waals surface area contributed by atoms with Crippen LogP contribution >= 0.6 is 11.6 Å². The maximum Gasteiger partial charge on any atom is 0.0621 e. The summed E-state index contributed by atoms with van der Waals surface area (Å²) in [4.78, 5) is 4.02. The zero-order chi connectivity index (χ0) is 12.1. The second-order valence-electron chi connectivity index (χ2n) is 4.46. The van der Waals surface area contributed by atoms with Gasteiger partial charge in [-0.2, -0.15) is 0 Å². The van der Waals surface area contributed by atoms with Crippen LogP contribution in [0.5, 0.6) is 0 Å². The Kier molecular flexibility index (Phi) is 4.77. The molecule has 1 aromatic heterocycles. The van der Waals surface area contributed by atoms with Crippen molar-refractivity contribution >= 4 is 11.6 Å². The van der Waals surface area contributed by atoms with E-state index in [1.807, 2.05) is 6.07 Å². The molecule has 0 aromatic carbocycles. The number of nitrogens with zero attached hydrogens (tertiary/aromatic N) is 1. The molecule has 3 nitrogen and oxygen atoms in total. The van der Waals surface area contributed by atoms with Crippen LogP contribution in [0.3, 0.4) is 0 Å². The summed E-state index contributed by atoms with van der Waals surface area (Å²) in [5.41, 5.74) is 1.17. The largest absolute Gasteiger partial charge is 0.381 e. The highest BCUT2D eigenvalue weighted by Gasteiger charge is 2.25. The predicted molar refractivity (Wildman–Crippen MR) is 69.3 cm³/mol. The van der Waals surface area contributed by atoms with E-state index in [4.69, 9.17) is 16.3 Å². The van der Waals surface area contributed by atoms with E-state index in [2.05, 4.69) is 17.2 Å². The van der Waals surface area contributed by atoms with Gasteiger partial charge in [0.25, 0.3) is 0 Å². The van der Waals surface area contributed by atoms with Crippen LogP contribution in [0.15, 0.2) is 18.5 Å². The molecule has 0 spiro atoms. The lowest BCUT2D eigenvalue weighted by atomic mass is 9.93. The van der Waals surface area contributed by atoms with Gasteiger partial charge in [-0.1, -0.05) is 18.5 Å². The number of ether oxygens (including phenoxy) is 1. The number of hydrogen-bond acceptors (Lipinski definition) is 3. The van der Waals surface area contributed by atoms with E-state index < -0.39 is 0 Å². The van der Waals surface area contributed by atoms with Crippen LogP contribution in [0.4, 0.5) is 0 Å². The third kappa shape index (κ3) is 3.41. The van der Waals surface area contributed by atoms with Gasteiger partial charge >= 0.3 is 0 Å². The number of likely N-dealkylation sites (N-methyl/N-ethyl adjacent to an activating group) is 1. The number of rotatable bonds is 5. The molecule has 1 N–H and O–H groups in total. The molecule has 1 aliphatic rings. The molecule has 0 radical (unpaired) electrons. The van der Waals surface area contributed by atoms with E-state index in [1.165, 1.54) is 5.56 Å². The highest BCUT2D eigenvalue weighted by atomic mass is 35.5. The van der Waals surface area contributed by atoms with E-state index >= 15 is 0 Å². The summed E-state index contributed by atoms with van der Waals surface area (Å²) >= 11 is 6.15. The second kappa shape index (κ2) is 6.34. The van der Waals surface area contributed by atoms with Crippen molar-refractivity contribution in [3.63, 3.8) is 0 Å². The van der Waals surface area contributed by atoms with Gasteiger partial charge in [0.1, 0.15) is 0 Å². The average Bonchev–Trinajstić information content (AvgIpc) is 2.85. The molecule has 0 aliphatic carbocycles. The van der Waals surface area contributed by atoms with Gasteiger partial charge in [0.2, 0.25) is 0 Å². The lowest BCUT2D eigenvalue weighted by Crippen LogP contribution is -2.38. The zero-order valence-electron chi connectivity index (χ0n) is 10.2. The Bertz CT molecular complexity index is 353. The first-order valence-electron chi connectivity index (χ1n) is 6.20. The molecule has 2 heterocycles. The highest BCUT2D eigenvalue weighted by molar-refractivity contribution is 6.31. The fraction of sp³-hybridized carbons (Fsp3) is 0.615. The SMILES string of the molecule is CCNC(Cc1ccncc1Cl)C1CCOC1. The van der Waals surface area contributed by atoms with Crippen LogP contribution in [0.1, 0.15) is 18.9 Å². The maximum absolute atomic E-state index is 6.15. The van der Waals surface area contributed by atoms with Crippen molar-refractivity contribution in [2.75, 3.05) is 19.8 Å². The molecule has 1 saturated heterocycles. The van der Waals surface area contributed by atoms with E-state index in [9.17, 15) is 0 Å². The number of aromatic nitrogens is 1. The third-order valence-corrected chi connectivity index (χ3v) is 3.64. The Morgan fingerprint density at radius 2 is 2.53 bits per heavy atom. The minimum absolute atomic E-state index is 0.447. The van der Waals surface area contributed by atoms with Gasteiger partial charge in [0.05, 0.1) is 11.6 Å². The first kappa shape index (κ1) is 12.8. The highest BCUT2D eigenvalue weighted by Crippen LogP contribution is 2.22. The fourth-order valence-corrected chi connectivity index (χ4v) is 2.54. The molecule has 2 unspecified atom stereocenters. The average molecular weight is 255 g/mol. The van der Waals surface area contributed by atoms with Gasteiger partial charge in [-0.25, -0.2) is 0 Å². The first-order valence-corrected chi connectivity index (χ1v) is 6.58. The van der Waals surface area contributed by atoms with Gasteiger partial charge in [0.15, 0.2) is 0 Å². The van der Waals surface area contributed by atoms with Gasteiger partial charge in [0, 0.05) is 31.0 Å². The monoisotopic (exact) mass is 254 g/mol. The fourth-order valence-electron chi connectivity index (χ4n) is 2.34. The molecule has 0 bridgehead atoms. The van der Waals surface area contributed by atoms with Crippen LogP contribution < -0.4 is 5.32 Å². The lowest BCUT2D eigenvalue weighted by molar-refractivity contribution is 0.176. The topological polar surface area (TPSA) is 34.2 Å². The Morgan fingerprint density at radius 3 is 3.18 bits per heavy atom. The second-order valence-corrected chi connectivity index (χ2v) is 4.87. The Balaban J connectivity index is 2.04. The van der Waals surface area contributed by atoms with Crippen molar-refractivity contribution in [3.05, 3.63) is 29.0 Å². The van der Waals surface area contributed by atoms with Crippen LogP contribution in [0, 0.1) is 5.92 Å². The quantitative estimate of drug-likeness (QED) is 0.876. The minimum Gasteiger partial charge on any atom is -0.381 e. The Morgan fingerprint density at radius 1 is 1.65 bits per heavy atom. The summed E-state index contributed by atoms with van der Waals surface area (Å²) in [7, 11) is 0. The molecular formula is C13H19ClN2O. The Labute approximate surface area is 108 Å². The summed E-state index contributed by atoms with van der Waals surface area (Å²) in [6, 6.07) is 2.45. The van der Waals surface area contributed by atoms with Crippen molar-refractivity contribution in [1.29, 1.82) is 0 Å². The molecule has 0 amide bonds. The van der Waals surface area contributed by atoms with Crippen LogP contribution in [0.25, 0.3) is 0 Å². The van der Waals surface area contributed by atoms with Crippen LogP contribution in [0.2, 0.25) is 5.02 Å². The summed E-state index contributed by atoms with van der Waals surface area (Å²) in [5.74, 6) is 0.596. The zero-order valence-corrected chi connectivity index (χ0v) is 10.9. The Hall–Kier alpha value is -0.640. The van der Waals surface area contributed by atoms with Crippen molar-refractivity contribution in [2.24, 2.45) is 5.92 Å². The molecule has 2 rings (SSSR count). The smallest absolute Gasteiger partial charge is 0.0621 e. The molecule has 1 aromatic rings. The summed E-state index contributed by atoms with van der Waals surface area (Å²) < 4.78 is 5.47. The van der Waals surface area contributed by atoms with Crippen molar-refractivity contribution in [2.45, 2.75) is 25.8 Å². The molecule has 1 aliphatic heterocycles. The van der Waals surface area contributed by atoms with Gasteiger partial charge < -0.3 is 10.1 Å². The maximum atomic E-state index is 6.15. The third-order valence-electron chi connectivity index (χ3n) is 3.30. The van der Waals surface area contributed by atoms with Crippen molar-refractivity contribution < 1.29 is 4.74 Å². The van der Waals surface area contributed by atoms with Crippen molar-refractivity contribution in [3.8, 4) is 0 Å². The molecule has 17 heavy (non-hydrogen) atoms. The molecular weight excluding hydrogens is 236 g/mol. The van der Waals surface area contributed by atoms with Gasteiger partial charge in [-0.3, -0.25) is 4.98 Å². The molecule has 2 atom stereocenters. The van der Waals surface area contributed by atoms with Gasteiger partial charge in [-0.05, 0) is 31.0 Å². The molecule has 4 heteroatoms. The van der Waals surface area contributed by atoms with Crippen LogP contribution in [-0.2, 0) is 11.2 Å². The van der Waals surface area contributed by atoms with E-state index in [-0.39, 0.29) is 0 Å². The van der Waals surface area contributed by atoms with Gasteiger partial charge in [-0.15, -0.1) is 0 Å². The molecule has 0 saturated carbocycles. The van der Waals surface area contributed by atoms with E-state index in [0.717, 1.165) is 37.6 Å². The predicted octanol–water partition coefficient (Wildman–Crippen LogP) is 2.29. The van der Waals surface area contributed by atoms with Crippen molar-refractivity contribution in [1.82, 2.24) is 10.3 Å². The first-order chi connectivity index (χ1) is 8.31. The molecule has 1 fully saturated rings. The standard InChI is InChI=1S/C13H19ClN2O/c1-2-16-13(11-4-6-17-9-11)7-10-3-5-15-8-12(10)14/h3,5,8,11,13,16H,2,4,6-7,9H2,1H3. The summed E-state index contributed by atoms with van der Waals surface area (Å²) in [6.07, 6.45) is 5.60. The number of pyridine rings is 1. The van der Waals surface area contributed by atoms with E-state index in [0.29, 0.717) is 12.0 Å². The van der Waals surface area contributed by atoms with E-state index in [1.54, 1.807) is 12.4 Å².